The maximum Gasteiger partial charge on any atom is 0.0444 e. The molecule has 0 aliphatic carbocycles. The van der Waals surface area contributed by atoms with Gasteiger partial charge >= 0.3 is 0 Å². The summed E-state index contributed by atoms with van der Waals surface area (Å²) in [6.07, 6.45) is 3.47. The van der Waals surface area contributed by atoms with E-state index in [0.717, 1.165) is 6.42 Å². The molecular formula is C9H19Cl. The van der Waals surface area contributed by atoms with Crippen LogP contribution in [0.4, 0.5) is 0 Å². The number of alkyl halides is 1. The number of hydrogen-bond acceptors (Lipinski definition) is 0. The third-order valence-corrected chi connectivity index (χ3v) is 3.10. The predicted octanol–water partition coefficient (Wildman–Crippen LogP) is 3.83. The molecule has 0 saturated carbocycles. The first-order chi connectivity index (χ1) is 4.58. The normalized spacial score (nSPS) is 17.4. The zero-order chi connectivity index (χ0) is 8.20. The third-order valence-electron chi connectivity index (χ3n) is 2.53. The summed E-state index contributed by atoms with van der Waals surface area (Å²) in [6.45, 7) is 8.73. The SMILES string of the molecule is CCC(CC)C(C)(Cl)CC. The average Bonchev–Trinajstić information content (AvgIpc) is 1.90. The summed E-state index contributed by atoms with van der Waals surface area (Å²) in [5, 5.41) is 0. The summed E-state index contributed by atoms with van der Waals surface area (Å²) < 4.78 is 0. The van der Waals surface area contributed by atoms with Gasteiger partial charge in [-0.1, -0.05) is 33.6 Å². The molecule has 1 atom stereocenters. The molecule has 0 aliphatic heterocycles. The summed E-state index contributed by atoms with van der Waals surface area (Å²) >= 11 is 6.29. The van der Waals surface area contributed by atoms with Gasteiger partial charge < -0.3 is 0 Å². The summed E-state index contributed by atoms with van der Waals surface area (Å²) in [6, 6.07) is 0. The van der Waals surface area contributed by atoms with Crippen LogP contribution in [0.5, 0.6) is 0 Å². The zero-order valence-corrected chi connectivity index (χ0v) is 8.33. The third kappa shape index (κ3) is 2.49. The maximum absolute atomic E-state index is 6.29. The Labute approximate surface area is 70.0 Å². The molecule has 62 valence electrons. The van der Waals surface area contributed by atoms with Crippen molar-refractivity contribution in [3.8, 4) is 0 Å². The molecule has 0 spiro atoms. The first-order valence-electron chi connectivity index (χ1n) is 4.27. The second kappa shape index (κ2) is 4.23. The van der Waals surface area contributed by atoms with Gasteiger partial charge in [-0.2, -0.15) is 0 Å². The lowest BCUT2D eigenvalue weighted by Gasteiger charge is -2.29. The van der Waals surface area contributed by atoms with Crippen LogP contribution < -0.4 is 0 Å². The van der Waals surface area contributed by atoms with Gasteiger partial charge in [0.1, 0.15) is 0 Å². The van der Waals surface area contributed by atoms with Crippen LogP contribution in [0, 0.1) is 5.92 Å². The smallest absolute Gasteiger partial charge is 0.0444 e. The maximum atomic E-state index is 6.29. The molecule has 0 aliphatic rings. The van der Waals surface area contributed by atoms with Crippen LogP contribution in [0.1, 0.15) is 47.0 Å². The molecular weight excluding hydrogens is 144 g/mol. The molecule has 1 heteroatoms. The summed E-state index contributed by atoms with van der Waals surface area (Å²) in [5.41, 5.74) is 0. The van der Waals surface area contributed by atoms with E-state index in [4.69, 9.17) is 11.6 Å². The standard InChI is InChI=1S/C9H19Cl/c1-5-8(6-2)9(4,10)7-3/h8H,5-7H2,1-4H3. The molecule has 0 N–H and O–H groups in total. The Bertz CT molecular complexity index is 82.7. The highest BCUT2D eigenvalue weighted by molar-refractivity contribution is 6.23. The van der Waals surface area contributed by atoms with E-state index in [-0.39, 0.29) is 4.87 Å². The first-order valence-corrected chi connectivity index (χ1v) is 4.65. The molecule has 0 amide bonds. The van der Waals surface area contributed by atoms with E-state index in [9.17, 15) is 0 Å². The van der Waals surface area contributed by atoms with Gasteiger partial charge in [-0.25, -0.2) is 0 Å². The molecule has 0 bridgehead atoms. The van der Waals surface area contributed by atoms with Crippen molar-refractivity contribution in [1.29, 1.82) is 0 Å². The number of rotatable bonds is 4. The van der Waals surface area contributed by atoms with E-state index in [0.29, 0.717) is 5.92 Å². The Morgan fingerprint density at radius 1 is 1.20 bits per heavy atom. The molecule has 10 heavy (non-hydrogen) atoms. The highest BCUT2D eigenvalue weighted by Gasteiger charge is 2.26. The van der Waals surface area contributed by atoms with Crippen molar-refractivity contribution in [2.24, 2.45) is 5.92 Å². The minimum Gasteiger partial charge on any atom is -0.119 e. The van der Waals surface area contributed by atoms with Gasteiger partial charge in [0.15, 0.2) is 0 Å². The van der Waals surface area contributed by atoms with Crippen molar-refractivity contribution >= 4 is 11.6 Å². The Hall–Kier alpha value is 0.290. The Morgan fingerprint density at radius 2 is 1.60 bits per heavy atom. The molecule has 1 unspecified atom stereocenters. The van der Waals surface area contributed by atoms with Crippen molar-refractivity contribution in [1.82, 2.24) is 0 Å². The fourth-order valence-corrected chi connectivity index (χ4v) is 1.74. The van der Waals surface area contributed by atoms with E-state index in [1.54, 1.807) is 0 Å². The average molecular weight is 163 g/mol. The van der Waals surface area contributed by atoms with Crippen molar-refractivity contribution < 1.29 is 0 Å². The summed E-state index contributed by atoms with van der Waals surface area (Å²) in [7, 11) is 0. The lowest BCUT2D eigenvalue weighted by Crippen LogP contribution is -2.26. The van der Waals surface area contributed by atoms with Gasteiger partial charge in [-0.3, -0.25) is 0 Å². The largest absolute Gasteiger partial charge is 0.119 e. The minimum atomic E-state index is 0.0313. The van der Waals surface area contributed by atoms with Gasteiger partial charge in [0.05, 0.1) is 0 Å². The van der Waals surface area contributed by atoms with E-state index >= 15 is 0 Å². The molecule has 0 radical (unpaired) electrons. The Morgan fingerprint density at radius 3 is 1.70 bits per heavy atom. The molecule has 0 saturated heterocycles. The van der Waals surface area contributed by atoms with Crippen molar-refractivity contribution in [2.75, 3.05) is 0 Å². The Kier molecular flexibility index (Phi) is 4.35. The topological polar surface area (TPSA) is 0 Å². The summed E-state index contributed by atoms with van der Waals surface area (Å²) in [5.74, 6) is 0.680. The van der Waals surface area contributed by atoms with Gasteiger partial charge in [-0.05, 0) is 19.3 Å². The fourth-order valence-electron chi connectivity index (χ4n) is 1.43. The van der Waals surface area contributed by atoms with Crippen LogP contribution in [-0.4, -0.2) is 4.87 Å². The highest BCUT2D eigenvalue weighted by Crippen LogP contribution is 2.32. The molecule has 0 heterocycles. The van der Waals surface area contributed by atoms with Crippen molar-refractivity contribution in [2.45, 2.75) is 51.8 Å². The Balaban J connectivity index is 3.97. The van der Waals surface area contributed by atoms with E-state index in [2.05, 4.69) is 27.7 Å². The molecule has 0 nitrogen and oxygen atoms in total. The van der Waals surface area contributed by atoms with Gasteiger partial charge in [-0.15, -0.1) is 11.6 Å². The fraction of sp³-hybridized carbons (Fsp3) is 1.00. The highest BCUT2D eigenvalue weighted by atomic mass is 35.5. The van der Waals surface area contributed by atoms with E-state index < -0.39 is 0 Å². The summed E-state index contributed by atoms with van der Waals surface area (Å²) in [4.78, 5) is 0.0313. The van der Waals surface area contributed by atoms with Crippen LogP contribution in [0.15, 0.2) is 0 Å². The van der Waals surface area contributed by atoms with Crippen LogP contribution in [0.25, 0.3) is 0 Å². The molecule has 0 aromatic rings. The zero-order valence-electron chi connectivity index (χ0n) is 7.58. The van der Waals surface area contributed by atoms with Gasteiger partial charge in [0, 0.05) is 4.87 Å². The molecule has 0 rings (SSSR count). The number of halogens is 1. The minimum absolute atomic E-state index is 0.0313. The van der Waals surface area contributed by atoms with Crippen LogP contribution in [0.2, 0.25) is 0 Å². The number of hydrogen-bond donors (Lipinski definition) is 0. The predicted molar refractivity (Wildman–Crippen MR) is 48.6 cm³/mol. The van der Waals surface area contributed by atoms with E-state index in [1.165, 1.54) is 12.8 Å². The van der Waals surface area contributed by atoms with Gasteiger partial charge in [0.25, 0.3) is 0 Å². The molecule has 0 fully saturated rings. The van der Waals surface area contributed by atoms with Crippen LogP contribution >= 0.6 is 11.6 Å². The molecule has 0 aromatic carbocycles. The quantitative estimate of drug-likeness (QED) is 0.552. The van der Waals surface area contributed by atoms with Crippen molar-refractivity contribution in [3.05, 3.63) is 0 Å². The van der Waals surface area contributed by atoms with Gasteiger partial charge in [0.2, 0.25) is 0 Å². The lowest BCUT2D eigenvalue weighted by atomic mass is 9.87. The first kappa shape index (κ1) is 10.3. The van der Waals surface area contributed by atoms with Crippen molar-refractivity contribution in [3.63, 3.8) is 0 Å². The lowest BCUT2D eigenvalue weighted by molar-refractivity contribution is 0.359. The monoisotopic (exact) mass is 162 g/mol. The van der Waals surface area contributed by atoms with Crippen LogP contribution in [-0.2, 0) is 0 Å². The second-order valence-electron chi connectivity index (χ2n) is 3.15. The molecule has 0 aromatic heterocycles. The second-order valence-corrected chi connectivity index (χ2v) is 4.01. The van der Waals surface area contributed by atoms with Crippen LogP contribution in [0.3, 0.4) is 0 Å². The van der Waals surface area contributed by atoms with E-state index in [1.807, 2.05) is 0 Å².